The number of para-hydroxylation sites is 1. The molecule has 0 saturated carbocycles. The van der Waals surface area contributed by atoms with Gasteiger partial charge in [-0.05, 0) is 67.9 Å². The highest BCUT2D eigenvalue weighted by Crippen LogP contribution is 2.26. The van der Waals surface area contributed by atoms with E-state index in [0.717, 1.165) is 78.7 Å². The largest absolute Gasteiger partial charge is 0.436 e. The van der Waals surface area contributed by atoms with Gasteiger partial charge in [0.2, 0.25) is 0 Å². The molecule has 3 fully saturated rings. The number of piperazine rings is 1. The zero-order valence-corrected chi connectivity index (χ0v) is 28.2. The maximum atomic E-state index is 14.1. The molecule has 7 rings (SSSR count). The summed E-state index contributed by atoms with van der Waals surface area (Å²) in [5, 5.41) is 12.1. The second kappa shape index (κ2) is 14.1. The van der Waals surface area contributed by atoms with Crippen molar-refractivity contribution in [3.63, 3.8) is 0 Å². The van der Waals surface area contributed by atoms with E-state index in [1.165, 1.54) is 0 Å². The number of likely N-dealkylation sites (tertiary alicyclic amines) is 2. The van der Waals surface area contributed by atoms with E-state index in [1.54, 1.807) is 9.58 Å². The van der Waals surface area contributed by atoms with Crippen LogP contribution in [0.25, 0.3) is 10.9 Å². The van der Waals surface area contributed by atoms with Crippen LogP contribution in [-0.4, -0.2) is 125 Å². The van der Waals surface area contributed by atoms with Crippen LogP contribution >= 0.6 is 0 Å². The van der Waals surface area contributed by atoms with Crippen molar-refractivity contribution in [3.8, 4) is 0 Å². The Labute approximate surface area is 282 Å². The van der Waals surface area contributed by atoms with E-state index < -0.39 is 12.2 Å². The Morgan fingerprint density at radius 2 is 1.65 bits per heavy atom. The number of nitrogens with zero attached hydrogens (tertiary/aromatic N) is 6. The lowest BCUT2D eigenvalue weighted by Crippen LogP contribution is -2.54. The lowest BCUT2D eigenvalue weighted by atomic mass is 9.99. The van der Waals surface area contributed by atoms with E-state index in [2.05, 4.69) is 38.8 Å². The summed E-state index contributed by atoms with van der Waals surface area (Å²) in [7, 11) is 1.90. The molecule has 1 atom stereocenters. The molecule has 3 saturated heterocycles. The molecule has 12 heteroatoms. The van der Waals surface area contributed by atoms with Gasteiger partial charge in [-0.25, -0.2) is 9.59 Å². The molecule has 4 aliphatic heterocycles. The average molecular weight is 657 g/mol. The van der Waals surface area contributed by atoms with Crippen LogP contribution in [0.4, 0.5) is 15.3 Å². The fourth-order valence-electron chi connectivity index (χ4n) is 8.01. The Morgan fingerprint density at radius 3 is 2.42 bits per heavy atom. The molecule has 3 aromatic rings. The van der Waals surface area contributed by atoms with Gasteiger partial charge in [0, 0.05) is 102 Å². The molecule has 0 radical (unpaired) electrons. The number of carbonyl (C=O) groups is 3. The Morgan fingerprint density at radius 1 is 0.938 bits per heavy atom. The molecule has 256 valence electrons. The van der Waals surface area contributed by atoms with Crippen LogP contribution in [0.1, 0.15) is 42.4 Å². The van der Waals surface area contributed by atoms with Crippen molar-refractivity contribution in [1.82, 2.24) is 34.7 Å². The number of benzene rings is 2. The minimum Gasteiger partial charge on any atom is -0.436 e. The van der Waals surface area contributed by atoms with E-state index in [9.17, 15) is 14.4 Å². The molecule has 0 spiro atoms. The first kappa shape index (κ1) is 32.4. The number of anilines is 1. The number of rotatable bonds is 6. The van der Waals surface area contributed by atoms with Gasteiger partial charge in [-0.3, -0.25) is 14.4 Å². The highest BCUT2D eigenvalue weighted by molar-refractivity contribution is 5.91. The van der Waals surface area contributed by atoms with Crippen molar-refractivity contribution in [1.29, 1.82) is 0 Å². The minimum absolute atomic E-state index is 0.0342. The third-order valence-electron chi connectivity index (χ3n) is 10.7. The standard InChI is InChI=1S/C36H48N8O4/c1-25-21-26(22-28-24-40(2)39-33(25)28)23-32(34(45)42-14-8-29(9-15-42)41-19-12-37-13-20-41)48-36(47)43-16-10-30(11-17-43)44-18-7-27-5-3-4-6-31(27)38-35(44)46/h3-6,21-22,24,29-30,32,37H,7-20,23H2,1-2H3,(H,38,46). The van der Waals surface area contributed by atoms with E-state index >= 15 is 0 Å². The van der Waals surface area contributed by atoms with Crippen LogP contribution in [0, 0.1) is 6.92 Å². The Bertz CT molecular complexity index is 1640. The first-order chi connectivity index (χ1) is 23.3. The number of urea groups is 1. The number of carbonyl (C=O) groups excluding carboxylic acids is 3. The van der Waals surface area contributed by atoms with E-state index in [-0.39, 0.29) is 18.0 Å². The second-order valence-corrected chi connectivity index (χ2v) is 13.8. The molecule has 4 aliphatic rings. The molecule has 5 heterocycles. The number of nitrogens with one attached hydrogen (secondary N) is 2. The monoisotopic (exact) mass is 656 g/mol. The number of ether oxygens (including phenoxy) is 1. The SMILES string of the molecule is Cc1cc(CC(OC(=O)N2CCC(N3CCc4ccccc4NC3=O)CC2)C(=O)N2CCC(N3CCNCC3)CC2)cc2cn(C)nc12. The predicted molar refractivity (Wildman–Crippen MR) is 184 cm³/mol. The normalized spacial score (nSPS) is 20.7. The predicted octanol–water partition coefficient (Wildman–Crippen LogP) is 3.38. The van der Waals surface area contributed by atoms with Crippen molar-refractivity contribution in [2.24, 2.45) is 7.05 Å². The number of piperidine rings is 2. The van der Waals surface area contributed by atoms with Crippen molar-refractivity contribution in [2.75, 3.05) is 64.2 Å². The fraction of sp³-hybridized carbons (Fsp3) is 0.556. The molecule has 2 N–H and O–H groups in total. The molecule has 0 bridgehead atoms. The highest BCUT2D eigenvalue weighted by Gasteiger charge is 2.36. The summed E-state index contributed by atoms with van der Waals surface area (Å²) in [6.45, 7) is 9.03. The van der Waals surface area contributed by atoms with Crippen LogP contribution in [-0.2, 0) is 29.4 Å². The van der Waals surface area contributed by atoms with Gasteiger partial charge in [0.15, 0.2) is 6.10 Å². The van der Waals surface area contributed by atoms with Gasteiger partial charge in [0.05, 0.1) is 5.52 Å². The third kappa shape index (κ3) is 7.00. The topological polar surface area (TPSA) is 115 Å². The molecule has 2 aromatic carbocycles. The zero-order chi connectivity index (χ0) is 33.2. The van der Waals surface area contributed by atoms with Gasteiger partial charge < -0.3 is 30.1 Å². The maximum absolute atomic E-state index is 14.1. The van der Waals surface area contributed by atoms with Crippen LogP contribution in [0.2, 0.25) is 0 Å². The van der Waals surface area contributed by atoms with E-state index in [4.69, 9.17) is 4.74 Å². The molecule has 1 aromatic heterocycles. The Kier molecular flexibility index (Phi) is 9.54. The first-order valence-electron chi connectivity index (χ1n) is 17.6. The van der Waals surface area contributed by atoms with E-state index in [0.29, 0.717) is 58.0 Å². The molecule has 0 aliphatic carbocycles. The zero-order valence-electron chi connectivity index (χ0n) is 28.2. The minimum atomic E-state index is -0.922. The number of aryl methyl sites for hydroxylation is 2. The average Bonchev–Trinajstić information content (AvgIpc) is 3.40. The van der Waals surface area contributed by atoms with Gasteiger partial charge in [0.25, 0.3) is 5.91 Å². The third-order valence-corrected chi connectivity index (χ3v) is 10.7. The molecular weight excluding hydrogens is 608 g/mol. The van der Waals surface area contributed by atoms with Crippen molar-refractivity contribution < 1.29 is 19.1 Å². The fourth-order valence-corrected chi connectivity index (χ4v) is 8.01. The summed E-state index contributed by atoms with van der Waals surface area (Å²) >= 11 is 0. The van der Waals surface area contributed by atoms with Crippen molar-refractivity contribution >= 4 is 34.6 Å². The maximum Gasteiger partial charge on any atom is 0.410 e. The van der Waals surface area contributed by atoms with Gasteiger partial charge in [-0.1, -0.05) is 24.3 Å². The summed E-state index contributed by atoms with van der Waals surface area (Å²) in [5.41, 5.74) is 4.91. The molecule has 4 amide bonds. The first-order valence-corrected chi connectivity index (χ1v) is 17.6. The van der Waals surface area contributed by atoms with Crippen molar-refractivity contribution in [2.45, 2.75) is 63.6 Å². The quantitative estimate of drug-likeness (QED) is 0.418. The number of hydrogen-bond donors (Lipinski definition) is 2. The Hall–Kier alpha value is -4.16. The van der Waals surface area contributed by atoms with Gasteiger partial charge in [-0.2, -0.15) is 5.10 Å². The number of amides is 4. The number of hydrogen-bond acceptors (Lipinski definition) is 7. The summed E-state index contributed by atoms with van der Waals surface area (Å²) in [5.74, 6) is -0.123. The van der Waals surface area contributed by atoms with Crippen LogP contribution in [0.3, 0.4) is 0 Å². The second-order valence-electron chi connectivity index (χ2n) is 13.8. The van der Waals surface area contributed by atoms with Gasteiger partial charge in [-0.15, -0.1) is 0 Å². The summed E-state index contributed by atoms with van der Waals surface area (Å²) < 4.78 is 7.93. The van der Waals surface area contributed by atoms with Crippen LogP contribution in [0.15, 0.2) is 42.6 Å². The number of fused-ring (bicyclic) bond motifs is 2. The highest BCUT2D eigenvalue weighted by atomic mass is 16.6. The summed E-state index contributed by atoms with van der Waals surface area (Å²) in [6, 6.07) is 12.5. The lowest BCUT2D eigenvalue weighted by molar-refractivity contribution is -0.142. The van der Waals surface area contributed by atoms with Gasteiger partial charge >= 0.3 is 12.1 Å². The summed E-state index contributed by atoms with van der Waals surface area (Å²) in [6.07, 6.45) is 4.86. The molecule has 48 heavy (non-hydrogen) atoms. The number of aromatic nitrogens is 2. The molecule has 1 unspecified atom stereocenters. The molecule has 12 nitrogen and oxygen atoms in total. The van der Waals surface area contributed by atoms with E-state index in [1.807, 2.05) is 48.2 Å². The Balaban J connectivity index is 1.01. The van der Waals surface area contributed by atoms with Crippen molar-refractivity contribution in [3.05, 3.63) is 59.3 Å². The van der Waals surface area contributed by atoms with Crippen LogP contribution < -0.4 is 10.6 Å². The van der Waals surface area contributed by atoms with Gasteiger partial charge in [0.1, 0.15) is 0 Å². The van der Waals surface area contributed by atoms with Crippen LogP contribution in [0.5, 0.6) is 0 Å². The smallest absolute Gasteiger partial charge is 0.410 e. The lowest BCUT2D eigenvalue weighted by Gasteiger charge is -2.41. The summed E-state index contributed by atoms with van der Waals surface area (Å²) in [4.78, 5) is 49.0. The molecular formula is C36H48N8O4.